The second-order valence-electron chi connectivity index (χ2n) is 2.43. The molecule has 1 rings (SSSR count). The molecule has 1 aromatic rings. The van der Waals surface area contributed by atoms with Gasteiger partial charge in [0.25, 0.3) is 0 Å². The normalized spacial score (nSPS) is 9.31. The van der Waals surface area contributed by atoms with Crippen LogP contribution in [0.25, 0.3) is 4.98 Å². The van der Waals surface area contributed by atoms with Gasteiger partial charge in [-0.15, -0.1) is 0 Å². The van der Waals surface area contributed by atoms with Gasteiger partial charge in [-0.3, -0.25) is 4.42 Å². The summed E-state index contributed by atoms with van der Waals surface area (Å²) in [7, 11) is 0. The van der Waals surface area contributed by atoms with Crippen LogP contribution in [0, 0.1) is 5.39 Å². The molecule has 0 unspecified atom stereocenters. The van der Waals surface area contributed by atoms with E-state index in [1.807, 2.05) is 0 Å². The Kier molecular flexibility index (Phi) is 3.50. The largest absolute Gasteiger partial charge is 0.394 e. The van der Waals surface area contributed by atoms with Crippen LogP contribution in [-0.4, -0.2) is 18.3 Å². The fraction of sp³-hybridized carbons (Fsp3) is 0.250. The van der Waals surface area contributed by atoms with E-state index in [1.54, 1.807) is 24.3 Å². The molecule has 68 valence electrons. The monoisotopic (exact) mass is 198 g/mol. The molecule has 0 aliphatic carbocycles. The predicted molar refractivity (Wildman–Crippen MR) is 51.5 cm³/mol. The zero-order chi connectivity index (χ0) is 9.68. The van der Waals surface area contributed by atoms with Crippen LogP contribution in [0.4, 0.5) is 11.4 Å². The van der Waals surface area contributed by atoms with Crippen molar-refractivity contribution in [2.45, 2.75) is 0 Å². The molecule has 0 saturated carbocycles. The average molecular weight is 199 g/mol. The molecule has 4 nitrogen and oxygen atoms in total. The van der Waals surface area contributed by atoms with Crippen LogP contribution >= 0.6 is 11.8 Å². The van der Waals surface area contributed by atoms with Crippen molar-refractivity contribution in [3.05, 3.63) is 29.2 Å². The first-order valence-electron chi connectivity index (χ1n) is 3.77. The van der Waals surface area contributed by atoms with Crippen molar-refractivity contribution in [3.63, 3.8) is 0 Å². The summed E-state index contributed by atoms with van der Waals surface area (Å²) in [5, 5.41) is 17.0. The van der Waals surface area contributed by atoms with Gasteiger partial charge >= 0.3 is 5.69 Å². The first-order valence-corrected chi connectivity index (χ1v) is 4.11. The third-order valence-corrected chi connectivity index (χ3v) is 1.91. The number of anilines is 1. The minimum atomic E-state index is -0.00434. The number of hydrogen-bond acceptors (Lipinski definition) is 3. The molecule has 1 aromatic carbocycles. The standard InChI is InChI=1S/C8H9ClN3O/c9-12(5-6-13)8-3-1-7(11-10)2-4-8/h1-4,13H,5-6H2/q+1. The summed E-state index contributed by atoms with van der Waals surface area (Å²) in [4.78, 5) is 3.01. The van der Waals surface area contributed by atoms with Gasteiger partial charge in [-0.25, -0.2) is 0 Å². The fourth-order valence-electron chi connectivity index (χ4n) is 0.898. The Bertz CT molecular complexity index is 306. The molecule has 0 saturated heterocycles. The maximum absolute atomic E-state index is 8.61. The number of nitrogens with zero attached hydrogens (tertiary/aromatic N) is 3. The molecule has 0 aromatic heterocycles. The molecular formula is C8H9ClN3O+. The molecule has 0 spiro atoms. The lowest BCUT2D eigenvalue weighted by atomic mass is 10.3. The summed E-state index contributed by atoms with van der Waals surface area (Å²) >= 11 is 5.78. The van der Waals surface area contributed by atoms with E-state index in [1.165, 1.54) is 4.42 Å². The number of hydrogen-bond donors (Lipinski definition) is 1. The van der Waals surface area contributed by atoms with Crippen LogP contribution in [0.3, 0.4) is 0 Å². The Morgan fingerprint density at radius 3 is 2.46 bits per heavy atom. The topological polar surface area (TPSA) is 51.6 Å². The van der Waals surface area contributed by atoms with Crippen molar-refractivity contribution < 1.29 is 5.11 Å². The molecule has 0 atom stereocenters. The molecule has 0 amide bonds. The van der Waals surface area contributed by atoms with E-state index in [4.69, 9.17) is 22.3 Å². The molecule has 5 heteroatoms. The molecule has 0 fully saturated rings. The van der Waals surface area contributed by atoms with E-state index in [2.05, 4.69) is 4.98 Å². The lowest BCUT2D eigenvalue weighted by Crippen LogP contribution is -2.14. The van der Waals surface area contributed by atoms with Gasteiger partial charge < -0.3 is 5.11 Å². The number of halogens is 1. The summed E-state index contributed by atoms with van der Waals surface area (Å²) < 4.78 is 1.39. The number of benzene rings is 1. The zero-order valence-electron chi connectivity index (χ0n) is 6.89. The second kappa shape index (κ2) is 4.65. The molecule has 0 bridgehead atoms. The van der Waals surface area contributed by atoms with Gasteiger partial charge in [0.15, 0.2) is 4.98 Å². The van der Waals surface area contributed by atoms with E-state index in [9.17, 15) is 0 Å². The molecule has 0 heterocycles. The molecule has 0 aliphatic heterocycles. The van der Waals surface area contributed by atoms with Gasteiger partial charge in [-0.05, 0) is 12.1 Å². The molecule has 0 aliphatic rings. The van der Waals surface area contributed by atoms with Crippen molar-refractivity contribution in [1.82, 2.24) is 0 Å². The van der Waals surface area contributed by atoms with Crippen LogP contribution < -0.4 is 4.42 Å². The van der Waals surface area contributed by atoms with Gasteiger partial charge in [-0.1, -0.05) is 0 Å². The van der Waals surface area contributed by atoms with Crippen molar-refractivity contribution in [2.24, 2.45) is 0 Å². The number of diazo groups is 1. The van der Waals surface area contributed by atoms with Crippen LogP contribution in [0.5, 0.6) is 0 Å². The Balaban J connectivity index is 2.75. The molecule has 1 N–H and O–H groups in total. The first-order chi connectivity index (χ1) is 6.27. The fourth-order valence-corrected chi connectivity index (χ4v) is 1.09. The maximum Gasteiger partial charge on any atom is 0.385 e. The highest BCUT2D eigenvalue weighted by molar-refractivity contribution is 6.25. The summed E-state index contributed by atoms with van der Waals surface area (Å²) in [6.45, 7) is 0.354. The third kappa shape index (κ3) is 2.58. The molecule has 13 heavy (non-hydrogen) atoms. The number of rotatable bonds is 3. The van der Waals surface area contributed by atoms with Gasteiger partial charge in [0.2, 0.25) is 5.39 Å². The quantitative estimate of drug-likeness (QED) is 0.598. The van der Waals surface area contributed by atoms with Gasteiger partial charge in [-0.2, -0.15) is 0 Å². The van der Waals surface area contributed by atoms with Gasteiger partial charge in [0.05, 0.1) is 18.8 Å². The van der Waals surface area contributed by atoms with Crippen molar-refractivity contribution in [2.75, 3.05) is 17.6 Å². The predicted octanol–water partition coefficient (Wildman–Crippen LogP) is 2.12. The lowest BCUT2D eigenvalue weighted by Gasteiger charge is -2.12. The third-order valence-electron chi connectivity index (χ3n) is 1.54. The van der Waals surface area contributed by atoms with Crippen LogP contribution in [0.2, 0.25) is 0 Å². The highest BCUT2D eigenvalue weighted by Gasteiger charge is 2.06. The van der Waals surface area contributed by atoms with E-state index in [0.717, 1.165) is 5.69 Å². The maximum atomic E-state index is 8.61. The lowest BCUT2D eigenvalue weighted by molar-refractivity contribution is 0.307. The minimum absolute atomic E-state index is 0.00434. The summed E-state index contributed by atoms with van der Waals surface area (Å²) in [6, 6.07) is 6.67. The average Bonchev–Trinajstić information content (AvgIpc) is 2.18. The van der Waals surface area contributed by atoms with Crippen LogP contribution in [-0.2, 0) is 0 Å². The SMILES string of the molecule is N#[N+]c1ccc(N(Cl)CCO)cc1. The highest BCUT2D eigenvalue weighted by atomic mass is 35.5. The zero-order valence-corrected chi connectivity index (χ0v) is 7.65. The second-order valence-corrected chi connectivity index (χ2v) is 2.83. The minimum Gasteiger partial charge on any atom is -0.394 e. The van der Waals surface area contributed by atoms with Crippen LogP contribution in [0.15, 0.2) is 24.3 Å². The van der Waals surface area contributed by atoms with Crippen molar-refractivity contribution in [3.8, 4) is 0 Å². The van der Waals surface area contributed by atoms with Crippen molar-refractivity contribution >= 4 is 23.2 Å². The van der Waals surface area contributed by atoms with Crippen LogP contribution in [0.1, 0.15) is 0 Å². The van der Waals surface area contributed by atoms with E-state index in [-0.39, 0.29) is 6.61 Å². The van der Waals surface area contributed by atoms with Gasteiger partial charge in [0.1, 0.15) is 0 Å². The molecular weight excluding hydrogens is 190 g/mol. The van der Waals surface area contributed by atoms with E-state index in [0.29, 0.717) is 12.2 Å². The Hall–Kier alpha value is -1.31. The van der Waals surface area contributed by atoms with Crippen molar-refractivity contribution in [1.29, 1.82) is 5.39 Å². The number of aliphatic hydroxyl groups excluding tert-OH is 1. The molecule has 0 radical (unpaired) electrons. The Morgan fingerprint density at radius 1 is 1.38 bits per heavy atom. The first kappa shape index (κ1) is 9.78. The van der Waals surface area contributed by atoms with Gasteiger partial charge in [0, 0.05) is 23.9 Å². The smallest absolute Gasteiger partial charge is 0.385 e. The Labute approximate surface area is 81.1 Å². The summed E-state index contributed by atoms with van der Waals surface area (Å²) in [6.07, 6.45) is 0. The number of aliphatic hydroxyl groups is 1. The highest BCUT2D eigenvalue weighted by Crippen LogP contribution is 2.20. The van der Waals surface area contributed by atoms with E-state index < -0.39 is 0 Å². The Morgan fingerprint density at radius 2 is 2.00 bits per heavy atom. The summed E-state index contributed by atoms with van der Waals surface area (Å²) in [5.74, 6) is 0. The van der Waals surface area contributed by atoms with E-state index >= 15 is 0 Å². The summed E-state index contributed by atoms with van der Waals surface area (Å²) in [5.41, 5.74) is 1.22.